The summed E-state index contributed by atoms with van der Waals surface area (Å²) in [6.07, 6.45) is 2.27. The smallest absolute Gasteiger partial charge is 0.269 e. The predicted molar refractivity (Wildman–Crippen MR) is 118 cm³/mol. The van der Waals surface area contributed by atoms with Gasteiger partial charge >= 0.3 is 0 Å². The van der Waals surface area contributed by atoms with E-state index in [1.54, 1.807) is 17.0 Å². The average molecular weight is 438 g/mol. The van der Waals surface area contributed by atoms with Gasteiger partial charge in [0.1, 0.15) is 6.61 Å². The van der Waals surface area contributed by atoms with E-state index in [1.165, 1.54) is 12.1 Å². The lowest BCUT2D eigenvalue weighted by atomic mass is 10.2. The van der Waals surface area contributed by atoms with Gasteiger partial charge in [0, 0.05) is 37.2 Å². The number of rotatable bonds is 12. The number of nitrogens with zero attached hydrogens (tertiary/aromatic N) is 4. The quantitative estimate of drug-likeness (QED) is 0.310. The van der Waals surface area contributed by atoms with Crippen LogP contribution in [0.2, 0.25) is 0 Å². The molecule has 32 heavy (non-hydrogen) atoms. The van der Waals surface area contributed by atoms with Crippen LogP contribution in [0, 0.1) is 10.1 Å². The summed E-state index contributed by atoms with van der Waals surface area (Å²) < 4.78 is 10.9. The molecule has 1 amide bonds. The summed E-state index contributed by atoms with van der Waals surface area (Å²) >= 11 is 0. The first-order valence-corrected chi connectivity index (χ1v) is 10.5. The molecular formula is C23H26N4O5. The summed E-state index contributed by atoms with van der Waals surface area (Å²) in [6, 6.07) is 15.7. The van der Waals surface area contributed by atoms with Crippen molar-refractivity contribution in [2.45, 2.75) is 32.8 Å². The fraction of sp³-hybridized carbons (Fsp3) is 0.348. The summed E-state index contributed by atoms with van der Waals surface area (Å²) in [5, 5.41) is 14.7. The van der Waals surface area contributed by atoms with E-state index in [0.29, 0.717) is 43.4 Å². The highest BCUT2D eigenvalue weighted by atomic mass is 16.6. The van der Waals surface area contributed by atoms with Crippen LogP contribution in [0.3, 0.4) is 0 Å². The molecule has 3 rings (SSSR count). The van der Waals surface area contributed by atoms with Crippen LogP contribution in [-0.4, -0.2) is 45.6 Å². The minimum atomic E-state index is -0.461. The number of aromatic nitrogens is 2. The summed E-state index contributed by atoms with van der Waals surface area (Å²) in [5.41, 5.74) is 1.64. The molecule has 0 spiro atoms. The molecule has 0 fully saturated rings. The number of ether oxygens (including phenoxy) is 1. The minimum absolute atomic E-state index is 0.00275. The number of non-ortho nitro benzene ring substituents is 1. The zero-order valence-electron chi connectivity index (χ0n) is 18.0. The number of unbranched alkanes of at least 4 members (excludes halogenated alkanes) is 1. The van der Waals surface area contributed by atoms with E-state index in [4.69, 9.17) is 9.26 Å². The molecule has 0 atom stereocenters. The Kier molecular flexibility index (Phi) is 8.44. The molecule has 0 N–H and O–H groups in total. The molecule has 0 bridgehead atoms. The fourth-order valence-corrected chi connectivity index (χ4v) is 3.07. The number of hydrogen-bond acceptors (Lipinski definition) is 7. The zero-order chi connectivity index (χ0) is 22.8. The van der Waals surface area contributed by atoms with Gasteiger partial charge in [-0.3, -0.25) is 14.9 Å². The maximum absolute atomic E-state index is 12.7. The Balaban J connectivity index is 1.54. The van der Waals surface area contributed by atoms with Gasteiger partial charge in [0.25, 0.3) is 5.69 Å². The van der Waals surface area contributed by atoms with Crippen molar-refractivity contribution in [3.05, 3.63) is 76.2 Å². The van der Waals surface area contributed by atoms with Gasteiger partial charge in [-0.05, 0) is 24.1 Å². The van der Waals surface area contributed by atoms with Gasteiger partial charge < -0.3 is 14.2 Å². The number of nitro groups is 1. The lowest BCUT2D eigenvalue weighted by Gasteiger charge is -2.21. The standard InChI is InChI=1S/C23H26N4O5/c1-2-3-14-26(22(28)17-31-16-18-7-5-4-6-8-18)15-13-21-24-23(25-32-21)19-9-11-20(12-10-19)27(29)30/h4-12H,2-3,13-17H2,1H3. The molecule has 3 aromatic rings. The Labute approximate surface area is 186 Å². The molecule has 9 heteroatoms. The lowest BCUT2D eigenvalue weighted by Crippen LogP contribution is -2.36. The maximum Gasteiger partial charge on any atom is 0.269 e. The maximum atomic E-state index is 12.7. The van der Waals surface area contributed by atoms with Gasteiger partial charge in [0.2, 0.25) is 17.6 Å². The summed E-state index contributed by atoms with van der Waals surface area (Å²) in [6.45, 7) is 3.54. The van der Waals surface area contributed by atoms with Crippen molar-refractivity contribution in [3.63, 3.8) is 0 Å². The molecule has 0 radical (unpaired) electrons. The highest BCUT2D eigenvalue weighted by Crippen LogP contribution is 2.20. The Morgan fingerprint density at radius 3 is 2.56 bits per heavy atom. The van der Waals surface area contributed by atoms with Crippen molar-refractivity contribution in [1.29, 1.82) is 0 Å². The lowest BCUT2D eigenvalue weighted by molar-refractivity contribution is -0.384. The zero-order valence-corrected chi connectivity index (χ0v) is 18.0. The molecule has 168 valence electrons. The van der Waals surface area contributed by atoms with Gasteiger partial charge in [0.15, 0.2) is 0 Å². The van der Waals surface area contributed by atoms with Crippen molar-refractivity contribution < 1.29 is 19.0 Å². The molecule has 0 aliphatic carbocycles. The first-order valence-electron chi connectivity index (χ1n) is 10.5. The topological polar surface area (TPSA) is 112 Å². The van der Waals surface area contributed by atoms with E-state index >= 15 is 0 Å². The molecule has 1 heterocycles. The van der Waals surface area contributed by atoms with Crippen LogP contribution in [0.4, 0.5) is 5.69 Å². The van der Waals surface area contributed by atoms with E-state index in [1.807, 2.05) is 30.3 Å². The van der Waals surface area contributed by atoms with E-state index in [0.717, 1.165) is 18.4 Å². The second kappa shape index (κ2) is 11.7. The van der Waals surface area contributed by atoms with E-state index in [9.17, 15) is 14.9 Å². The van der Waals surface area contributed by atoms with Crippen molar-refractivity contribution >= 4 is 11.6 Å². The number of benzene rings is 2. The number of amides is 1. The third kappa shape index (κ3) is 6.71. The number of nitro benzene ring substituents is 1. The molecule has 0 unspecified atom stereocenters. The predicted octanol–water partition coefficient (Wildman–Crippen LogP) is 4.03. The molecule has 0 aliphatic heterocycles. The van der Waals surface area contributed by atoms with Crippen molar-refractivity contribution in [2.75, 3.05) is 19.7 Å². The molecule has 0 aliphatic rings. The Hall–Kier alpha value is -3.59. The van der Waals surface area contributed by atoms with Crippen LogP contribution in [0.25, 0.3) is 11.4 Å². The van der Waals surface area contributed by atoms with E-state index < -0.39 is 4.92 Å². The van der Waals surface area contributed by atoms with Crippen LogP contribution in [-0.2, 0) is 22.6 Å². The van der Waals surface area contributed by atoms with Gasteiger partial charge in [0.05, 0.1) is 11.5 Å². The molecule has 0 saturated heterocycles. The average Bonchev–Trinajstić information content (AvgIpc) is 3.29. The number of carbonyl (C=O) groups excluding carboxylic acids is 1. The molecule has 0 saturated carbocycles. The third-order valence-electron chi connectivity index (χ3n) is 4.87. The SMILES string of the molecule is CCCCN(CCc1nc(-c2ccc([N+](=O)[O-])cc2)no1)C(=O)COCc1ccccc1. The van der Waals surface area contributed by atoms with Gasteiger partial charge in [-0.15, -0.1) is 0 Å². The third-order valence-corrected chi connectivity index (χ3v) is 4.87. The summed E-state index contributed by atoms with van der Waals surface area (Å²) in [4.78, 5) is 29.1. The van der Waals surface area contributed by atoms with Crippen LogP contribution >= 0.6 is 0 Å². The van der Waals surface area contributed by atoms with Crippen LogP contribution in [0.5, 0.6) is 0 Å². The number of hydrogen-bond donors (Lipinski definition) is 0. The second-order valence-electron chi connectivity index (χ2n) is 7.28. The first kappa shape index (κ1) is 23.1. The Bertz CT molecular complexity index is 1000. The van der Waals surface area contributed by atoms with Crippen molar-refractivity contribution in [1.82, 2.24) is 15.0 Å². The first-order chi connectivity index (χ1) is 15.6. The van der Waals surface area contributed by atoms with Crippen LogP contribution in [0.15, 0.2) is 59.1 Å². The van der Waals surface area contributed by atoms with Crippen LogP contribution < -0.4 is 0 Å². The van der Waals surface area contributed by atoms with Crippen molar-refractivity contribution in [2.24, 2.45) is 0 Å². The highest BCUT2D eigenvalue weighted by Gasteiger charge is 2.16. The summed E-state index contributed by atoms with van der Waals surface area (Å²) in [7, 11) is 0. The molecular weight excluding hydrogens is 412 g/mol. The number of carbonyl (C=O) groups is 1. The van der Waals surface area contributed by atoms with Crippen molar-refractivity contribution in [3.8, 4) is 11.4 Å². The molecule has 2 aromatic carbocycles. The Morgan fingerprint density at radius 1 is 1.12 bits per heavy atom. The van der Waals surface area contributed by atoms with Gasteiger partial charge in [-0.25, -0.2) is 0 Å². The minimum Gasteiger partial charge on any atom is -0.367 e. The highest BCUT2D eigenvalue weighted by molar-refractivity contribution is 5.77. The van der Waals surface area contributed by atoms with Crippen LogP contribution in [0.1, 0.15) is 31.2 Å². The van der Waals surface area contributed by atoms with E-state index in [-0.39, 0.29) is 18.2 Å². The molecule has 9 nitrogen and oxygen atoms in total. The second-order valence-corrected chi connectivity index (χ2v) is 7.28. The normalized spacial score (nSPS) is 10.8. The fourth-order valence-electron chi connectivity index (χ4n) is 3.07. The summed E-state index contributed by atoms with van der Waals surface area (Å²) in [5.74, 6) is 0.676. The molecule has 1 aromatic heterocycles. The van der Waals surface area contributed by atoms with E-state index in [2.05, 4.69) is 17.1 Å². The van der Waals surface area contributed by atoms with Gasteiger partial charge in [-0.2, -0.15) is 4.98 Å². The van der Waals surface area contributed by atoms with Gasteiger partial charge in [-0.1, -0.05) is 48.8 Å². The Morgan fingerprint density at radius 2 is 1.88 bits per heavy atom. The largest absolute Gasteiger partial charge is 0.367 e. The monoisotopic (exact) mass is 438 g/mol.